The van der Waals surface area contributed by atoms with Crippen molar-refractivity contribution >= 4 is 28.4 Å². The molecule has 0 aliphatic heterocycles. The molecule has 0 spiro atoms. The summed E-state index contributed by atoms with van der Waals surface area (Å²) in [5, 5.41) is 14.4. The molecule has 3 N–H and O–H groups in total. The number of nitrogens with one attached hydrogen (secondary N) is 2. The highest BCUT2D eigenvalue weighted by Crippen LogP contribution is 2.30. The van der Waals surface area contributed by atoms with Crippen molar-refractivity contribution in [2.24, 2.45) is 0 Å². The number of carbonyl (C=O) groups is 1. The van der Waals surface area contributed by atoms with E-state index in [1.807, 2.05) is 66.7 Å². The van der Waals surface area contributed by atoms with Crippen molar-refractivity contribution in [1.29, 1.82) is 0 Å². The first kappa shape index (κ1) is 24.6. The predicted molar refractivity (Wildman–Crippen MR) is 141 cm³/mol. The third-order valence-corrected chi connectivity index (χ3v) is 5.71. The second-order valence-corrected chi connectivity index (χ2v) is 8.05. The minimum absolute atomic E-state index is 0.354. The van der Waals surface area contributed by atoms with Gasteiger partial charge in [0.05, 0.1) is 14.2 Å². The lowest BCUT2D eigenvalue weighted by atomic mass is 10.1. The van der Waals surface area contributed by atoms with Crippen LogP contribution in [0.25, 0.3) is 16.8 Å². The molecule has 0 aliphatic rings. The Bertz CT molecular complexity index is 1360. The molecule has 1 amide bonds. The number of carbonyl (C=O) groups excluding carboxylic acids is 1. The lowest BCUT2D eigenvalue weighted by Gasteiger charge is -2.15. The Labute approximate surface area is 209 Å². The van der Waals surface area contributed by atoms with Crippen LogP contribution >= 0.6 is 0 Å². The van der Waals surface area contributed by atoms with E-state index in [2.05, 4.69) is 17.4 Å². The van der Waals surface area contributed by atoms with E-state index in [9.17, 15) is 4.79 Å². The average Bonchev–Trinajstić information content (AvgIpc) is 2.94. The standard InChI is InChI=1S/C29H28N2O5/c1-34-27-15-14-24(17-28(27)35-2)30-18-21(16-20-10-12-23(13-11-20)29(32)31-33)19-36-26-9-5-7-22-6-3-4-8-25(22)26/h3-17,30,33H,18-19H2,1-2H3,(H,31,32)/b21-16-. The average molecular weight is 485 g/mol. The van der Waals surface area contributed by atoms with Crippen molar-refractivity contribution in [3.8, 4) is 17.2 Å². The lowest BCUT2D eigenvalue weighted by molar-refractivity contribution is 0.0706. The summed E-state index contributed by atoms with van der Waals surface area (Å²) in [5.41, 5.74) is 4.77. The fourth-order valence-corrected chi connectivity index (χ4v) is 3.83. The van der Waals surface area contributed by atoms with Gasteiger partial charge in [-0.15, -0.1) is 0 Å². The van der Waals surface area contributed by atoms with Gasteiger partial charge in [-0.3, -0.25) is 10.0 Å². The Kier molecular flexibility index (Phi) is 8.05. The Hall–Kier alpha value is -4.49. The molecule has 0 saturated carbocycles. The number of rotatable bonds is 10. The molecule has 4 aromatic carbocycles. The van der Waals surface area contributed by atoms with E-state index in [1.54, 1.807) is 31.8 Å². The van der Waals surface area contributed by atoms with Crippen LogP contribution in [0.5, 0.6) is 17.2 Å². The number of hydrogen-bond acceptors (Lipinski definition) is 6. The molecule has 0 saturated heterocycles. The first-order valence-electron chi connectivity index (χ1n) is 11.4. The Morgan fingerprint density at radius 1 is 0.861 bits per heavy atom. The summed E-state index contributed by atoms with van der Waals surface area (Å²) in [6.07, 6.45) is 2.01. The maximum atomic E-state index is 11.6. The number of amides is 1. The second kappa shape index (κ2) is 11.8. The summed E-state index contributed by atoms with van der Waals surface area (Å²) < 4.78 is 17.0. The molecule has 36 heavy (non-hydrogen) atoms. The predicted octanol–water partition coefficient (Wildman–Crippen LogP) is 5.55. The van der Waals surface area contributed by atoms with Crippen molar-refractivity contribution in [2.75, 3.05) is 32.7 Å². The normalized spacial score (nSPS) is 11.1. The van der Waals surface area contributed by atoms with Gasteiger partial charge in [0.1, 0.15) is 12.4 Å². The van der Waals surface area contributed by atoms with Gasteiger partial charge in [-0.05, 0) is 46.9 Å². The fraction of sp³-hybridized carbons (Fsp3) is 0.138. The zero-order chi connectivity index (χ0) is 25.3. The molecule has 0 bridgehead atoms. The lowest BCUT2D eigenvalue weighted by Crippen LogP contribution is -2.18. The van der Waals surface area contributed by atoms with Gasteiger partial charge in [0.25, 0.3) is 5.91 Å². The van der Waals surface area contributed by atoms with Gasteiger partial charge >= 0.3 is 0 Å². The highest BCUT2D eigenvalue weighted by Gasteiger charge is 2.08. The number of benzene rings is 4. The van der Waals surface area contributed by atoms with E-state index in [-0.39, 0.29) is 0 Å². The summed E-state index contributed by atoms with van der Waals surface area (Å²) in [6, 6.07) is 26.7. The zero-order valence-corrected chi connectivity index (χ0v) is 20.2. The minimum Gasteiger partial charge on any atom is -0.493 e. The topological polar surface area (TPSA) is 89.1 Å². The Morgan fingerprint density at radius 2 is 1.61 bits per heavy atom. The van der Waals surface area contributed by atoms with Crippen LogP contribution in [0.4, 0.5) is 5.69 Å². The quantitative estimate of drug-likeness (QED) is 0.202. The number of fused-ring (bicyclic) bond motifs is 1. The molecule has 7 nitrogen and oxygen atoms in total. The van der Waals surface area contributed by atoms with E-state index in [0.29, 0.717) is 30.2 Å². The van der Waals surface area contributed by atoms with E-state index >= 15 is 0 Å². The van der Waals surface area contributed by atoms with Crippen molar-refractivity contribution in [3.05, 3.63) is 102 Å². The number of methoxy groups -OCH3 is 2. The SMILES string of the molecule is COc1ccc(NC/C(=C/c2ccc(C(=O)NO)cc2)COc2cccc3ccccc23)cc1OC. The van der Waals surface area contributed by atoms with Crippen molar-refractivity contribution in [2.45, 2.75) is 0 Å². The highest BCUT2D eigenvalue weighted by molar-refractivity contribution is 5.93. The molecule has 0 aliphatic carbocycles. The van der Waals surface area contributed by atoms with E-state index in [4.69, 9.17) is 19.4 Å². The summed E-state index contributed by atoms with van der Waals surface area (Å²) in [4.78, 5) is 11.6. The van der Waals surface area contributed by atoms with Crippen molar-refractivity contribution < 1.29 is 24.2 Å². The van der Waals surface area contributed by atoms with Crippen LogP contribution in [0.2, 0.25) is 0 Å². The molecule has 4 aromatic rings. The van der Waals surface area contributed by atoms with E-state index < -0.39 is 5.91 Å². The molecule has 0 heterocycles. The number of hydrogen-bond donors (Lipinski definition) is 3. The van der Waals surface area contributed by atoms with Crippen LogP contribution in [0.15, 0.2) is 90.5 Å². The Morgan fingerprint density at radius 3 is 2.36 bits per heavy atom. The van der Waals surface area contributed by atoms with Crippen LogP contribution < -0.4 is 25.0 Å². The molecular formula is C29H28N2O5. The van der Waals surface area contributed by atoms with Gasteiger partial charge in [0.2, 0.25) is 0 Å². The molecule has 4 rings (SSSR count). The third kappa shape index (κ3) is 5.95. The molecular weight excluding hydrogens is 456 g/mol. The summed E-state index contributed by atoms with van der Waals surface area (Å²) in [5.74, 6) is 1.54. The molecule has 0 radical (unpaired) electrons. The molecule has 0 fully saturated rings. The van der Waals surface area contributed by atoms with Gasteiger partial charge < -0.3 is 19.5 Å². The number of hydroxylamine groups is 1. The molecule has 184 valence electrons. The van der Waals surface area contributed by atoms with Crippen molar-refractivity contribution in [1.82, 2.24) is 5.48 Å². The van der Waals surface area contributed by atoms with E-state index in [0.717, 1.165) is 33.3 Å². The van der Waals surface area contributed by atoms with Crippen LogP contribution in [0.1, 0.15) is 15.9 Å². The molecule has 0 aromatic heterocycles. The number of ether oxygens (including phenoxy) is 3. The first-order chi connectivity index (χ1) is 17.6. The van der Waals surface area contributed by atoms with Crippen LogP contribution in [0.3, 0.4) is 0 Å². The maximum absolute atomic E-state index is 11.6. The zero-order valence-electron chi connectivity index (χ0n) is 20.2. The fourth-order valence-electron chi connectivity index (χ4n) is 3.83. The minimum atomic E-state index is -0.555. The van der Waals surface area contributed by atoms with Crippen molar-refractivity contribution in [3.63, 3.8) is 0 Å². The van der Waals surface area contributed by atoms with Gasteiger partial charge in [0.15, 0.2) is 11.5 Å². The summed E-state index contributed by atoms with van der Waals surface area (Å²) in [7, 11) is 3.21. The molecule has 0 atom stereocenters. The second-order valence-electron chi connectivity index (χ2n) is 8.05. The van der Waals surface area contributed by atoms with Gasteiger partial charge in [-0.2, -0.15) is 0 Å². The smallest absolute Gasteiger partial charge is 0.274 e. The molecule has 0 unspecified atom stereocenters. The van der Waals surface area contributed by atoms with Crippen LogP contribution in [0, 0.1) is 0 Å². The summed E-state index contributed by atoms with van der Waals surface area (Å²) in [6.45, 7) is 0.867. The first-order valence-corrected chi connectivity index (χ1v) is 11.4. The van der Waals surface area contributed by atoms with Crippen LogP contribution in [-0.4, -0.2) is 38.5 Å². The van der Waals surface area contributed by atoms with Crippen LogP contribution in [-0.2, 0) is 0 Å². The molecule has 7 heteroatoms. The van der Waals surface area contributed by atoms with E-state index in [1.165, 1.54) is 0 Å². The third-order valence-electron chi connectivity index (χ3n) is 5.71. The van der Waals surface area contributed by atoms with Gasteiger partial charge in [0, 0.05) is 29.2 Å². The van der Waals surface area contributed by atoms with Gasteiger partial charge in [-0.1, -0.05) is 54.6 Å². The van der Waals surface area contributed by atoms with Gasteiger partial charge in [-0.25, -0.2) is 5.48 Å². The Balaban J connectivity index is 1.57. The highest BCUT2D eigenvalue weighted by atomic mass is 16.5. The number of anilines is 1. The summed E-state index contributed by atoms with van der Waals surface area (Å²) >= 11 is 0. The maximum Gasteiger partial charge on any atom is 0.274 e. The monoisotopic (exact) mass is 484 g/mol. The largest absolute Gasteiger partial charge is 0.493 e.